The van der Waals surface area contributed by atoms with Crippen LogP contribution in [0.25, 0.3) is 0 Å². The van der Waals surface area contributed by atoms with Gasteiger partial charge in [-0.2, -0.15) is 0 Å². The number of aromatic carboxylic acids is 1. The molecule has 0 aliphatic rings. The number of ether oxygens (including phenoxy) is 1. The number of carbonyl (C=O) groups is 1. The lowest BCUT2D eigenvalue weighted by atomic mass is 10.2. The van der Waals surface area contributed by atoms with Gasteiger partial charge in [-0.05, 0) is 24.3 Å². The highest BCUT2D eigenvalue weighted by atomic mass is 35.5. The second kappa shape index (κ2) is 6.21. The highest BCUT2D eigenvalue weighted by Crippen LogP contribution is 2.17. The zero-order valence-electron chi connectivity index (χ0n) is 10.6. The minimum Gasteiger partial charge on any atom is -0.487 e. The molecule has 0 saturated heterocycles. The first-order valence-electron chi connectivity index (χ1n) is 5.75. The number of hydrogen-bond donors (Lipinski definition) is 2. The van der Waals surface area contributed by atoms with Gasteiger partial charge < -0.3 is 15.2 Å². The van der Waals surface area contributed by atoms with E-state index in [1.165, 1.54) is 6.20 Å². The summed E-state index contributed by atoms with van der Waals surface area (Å²) in [5.74, 6) is -0.178. The van der Waals surface area contributed by atoms with Crippen LogP contribution in [0.3, 0.4) is 0 Å². The van der Waals surface area contributed by atoms with E-state index in [1.807, 2.05) is 0 Å². The molecule has 0 atom stereocenters. The molecule has 0 fully saturated rings. The Kier molecular flexibility index (Phi) is 4.37. The third kappa shape index (κ3) is 3.36. The van der Waals surface area contributed by atoms with Crippen LogP contribution in [0.1, 0.15) is 16.1 Å². The molecule has 1 aromatic carbocycles. The molecule has 1 heterocycles. The Labute approximate surface area is 120 Å². The molecule has 6 nitrogen and oxygen atoms in total. The summed E-state index contributed by atoms with van der Waals surface area (Å²) in [6.07, 6.45) is 1.25. The molecule has 1 aromatic heterocycles. The highest BCUT2D eigenvalue weighted by molar-refractivity contribution is 6.30. The van der Waals surface area contributed by atoms with E-state index in [4.69, 9.17) is 21.4 Å². The number of halogens is 1. The fourth-order valence-electron chi connectivity index (χ4n) is 1.51. The minimum absolute atomic E-state index is 0.0120. The van der Waals surface area contributed by atoms with Crippen molar-refractivity contribution in [3.63, 3.8) is 0 Å². The molecule has 0 radical (unpaired) electrons. The number of benzene rings is 1. The van der Waals surface area contributed by atoms with Gasteiger partial charge in [-0.3, -0.25) is 0 Å². The van der Waals surface area contributed by atoms with Gasteiger partial charge in [0.1, 0.15) is 17.9 Å². The van der Waals surface area contributed by atoms with Gasteiger partial charge in [-0.1, -0.05) is 11.6 Å². The molecular formula is C13H12ClN3O3. The zero-order valence-corrected chi connectivity index (χ0v) is 11.4. The summed E-state index contributed by atoms with van der Waals surface area (Å²) in [4.78, 5) is 19.1. The summed E-state index contributed by atoms with van der Waals surface area (Å²) >= 11 is 5.77. The van der Waals surface area contributed by atoms with Crippen LogP contribution in [0.5, 0.6) is 5.75 Å². The number of anilines is 1. The summed E-state index contributed by atoms with van der Waals surface area (Å²) in [6.45, 7) is 0.0282. The summed E-state index contributed by atoms with van der Waals surface area (Å²) < 4.78 is 5.50. The molecule has 2 aromatic rings. The number of nitrogens with zero attached hydrogens (tertiary/aromatic N) is 2. The molecule has 0 saturated carbocycles. The van der Waals surface area contributed by atoms with Crippen molar-refractivity contribution in [2.45, 2.75) is 6.61 Å². The second-order valence-corrected chi connectivity index (χ2v) is 4.29. The quantitative estimate of drug-likeness (QED) is 0.881. The van der Waals surface area contributed by atoms with Crippen LogP contribution in [0.4, 0.5) is 5.95 Å². The largest absolute Gasteiger partial charge is 0.487 e. The Morgan fingerprint density at radius 3 is 2.70 bits per heavy atom. The third-order valence-corrected chi connectivity index (χ3v) is 2.76. The van der Waals surface area contributed by atoms with Gasteiger partial charge in [-0.15, -0.1) is 0 Å². The van der Waals surface area contributed by atoms with Crippen molar-refractivity contribution in [2.24, 2.45) is 0 Å². The maximum Gasteiger partial charge on any atom is 0.339 e. The monoisotopic (exact) mass is 293 g/mol. The number of nitrogens with one attached hydrogen (secondary N) is 1. The Morgan fingerprint density at radius 2 is 2.10 bits per heavy atom. The van der Waals surface area contributed by atoms with Crippen LogP contribution in [0.15, 0.2) is 30.5 Å². The first-order chi connectivity index (χ1) is 9.60. The molecule has 2 rings (SSSR count). The van der Waals surface area contributed by atoms with Gasteiger partial charge in [0.15, 0.2) is 0 Å². The van der Waals surface area contributed by atoms with Gasteiger partial charge in [0, 0.05) is 18.3 Å². The topological polar surface area (TPSA) is 84.3 Å². The van der Waals surface area contributed by atoms with Crippen LogP contribution in [0.2, 0.25) is 5.02 Å². The van der Waals surface area contributed by atoms with Gasteiger partial charge in [0.25, 0.3) is 0 Å². The first-order valence-corrected chi connectivity index (χ1v) is 6.13. The molecule has 7 heteroatoms. The van der Waals surface area contributed by atoms with Crippen molar-refractivity contribution in [3.05, 3.63) is 46.7 Å². The fraction of sp³-hybridized carbons (Fsp3) is 0.154. The van der Waals surface area contributed by atoms with E-state index >= 15 is 0 Å². The van der Waals surface area contributed by atoms with Gasteiger partial charge >= 0.3 is 5.97 Å². The molecule has 0 bridgehead atoms. The normalized spacial score (nSPS) is 10.1. The average molecular weight is 294 g/mol. The van der Waals surface area contributed by atoms with Crippen LogP contribution < -0.4 is 10.1 Å². The molecule has 0 unspecified atom stereocenters. The summed E-state index contributed by atoms with van der Waals surface area (Å²) in [7, 11) is 1.65. The third-order valence-electron chi connectivity index (χ3n) is 2.51. The predicted octanol–water partition coefficient (Wildman–Crippen LogP) is 2.45. The number of rotatable bonds is 5. The van der Waals surface area contributed by atoms with Crippen molar-refractivity contribution in [3.8, 4) is 5.75 Å². The Morgan fingerprint density at radius 1 is 1.40 bits per heavy atom. The Hall–Kier alpha value is -2.34. The van der Waals surface area contributed by atoms with Crippen molar-refractivity contribution in [2.75, 3.05) is 12.4 Å². The molecule has 0 aliphatic heterocycles. The van der Waals surface area contributed by atoms with Gasteiger partial charge in [0.2, 0.25) is 5.95 Å². The van der Waals surface area contributed by atoms with Crippen molar-refractivity contribution in [1.82, 2.24) is 9.97 Å². The summed E-state index contributed by atoms with van der Waals surface area (Å²) in [5, 5.41) is 12.4. The average Bonchev–Trinajstić information content (AvgIpc) is 2.46. The maximum atomic E-state index is 11.1. The molecular weight excluding hydrogens is 282 g/mol. The van der Waals surface area contributed by atoms with E-state index in [1.54, 1.807) is 31.3 Å². The number of carboxylic acid groups (broad SMARTS) is 1. The van der Waals surface area contributed by atoms with Crippen LogP contribution in [0, 0.1) is 0 Å². The van der Waals surface area contributed by atoms with Gasteiger partial charge in [0.05, 0.1) is 5.69 Å². The number of hydrogen-bond acceptors (Lipinski definition) is 5. The lowest BCUT2D eigenvalue weighted by Crippen LogP contribution is -2.11. The smallest absolute Gasteiger partial charge is 0.339 e. The maximum absolute atomic E-state index is 11.1. The van der Waals surface area contributed by atoms with Crippen molar-refractivity contribution in [1.29, 1.82) is 0 Å². The second-order valence-electron chi connectivity index (χ2n) is 3.85. The van der Waals surface area contributed by atoms with Crippen LogP contribution in [-0.2, 0) is 6.61 Å². The molecule has 0 aliphatic carbocycles. The zero-order chi connectivity index (χ0) is 14.5. The minimum atomic E-state index is -1.10. The van der Waals surface area contributed by atoms with E-state index < -0.39 is 5.97 Å². The Bertz CT molecular complexity index is 617. The van der Waals surface area contributed by atoms with E-state index in [9.17, 15) is 4.79 Å². The van der Waals surface area contributed by atoms with E-state index in [0.717, 1.165) is 0 Å². The van der Waals surface area contributed by atoms with Crippen molar-refractivity contribution >= 4 is 23.5 Å². The highest BCUT2D eigenvalue weighted by Gasteiger charge is 2.14. The number of carboxylic acids is 1. The van der Waals surface area contributed by atoms with Crippen molar-refractivity contribution < 1.29 is 14.6 Å². The lowest BCUT2D eigenvalue weighted by molar-refractivity contribution is 0.0692. The Balaban J connectivity index is 2.18. The SMILES string of the molecule is CNc1ncc(C(=O)O)c(COc2ccc(Cl)cc2)n1. The molecule has 104 valence electrons. The van der Waals surface area contributed by atoms with Crippen LogP contribution >= 0.6 is 11.6 Å². The first kappa shape index (κ1) is 14.1. The molecule has 20 heavy (non-hydrogen) atoms. The van der Waals surface area contributed by atoms with E-state index in [0.29, 0.717) is 22.4 Å². The standard InChI is InChI=1S/C13H12ClN3O3/c1-15-13-16-6-10(12(18)19)11(17-13)7-20-9-4-2-8(14)3-5-9/h2-6H,7H2,1H3,(H,18,19)(H,15,16,17). The molecule has 0 amide bonds. The van der Waals surface area contributed by atoms with Crippen LogP contribution in [-0.4, -0.2) is 28.1 Å². The molecule has 2 N–H and O–H groups in total. The predicted molar refractivity (Wildman–Crippen MR) is 74.3 cm³/mol. The van der Waals surface area contributed by atoms with Gasteiger partial charge in [-0.25, -0.2) is 14.8 Å². The summed E-state index contributed by atoms with van der Waals surface area (Å²) in [5.41, 5.74) is 0.310. The van der Waals surface area contributed by atoms with E-state index in [-0.39, 0.29) is 12.2 Å². The lowest BCUT2D eigenvalue weighted by Gasteiger charge is -2.09. The van der Waals surface area contributed by atoms with E-state index in [2.05, 4.69) is 15.3 Å². The summed E-state index contributed by atoms with van der Waals surface area (Å²) in [6, 6.07) is 6.77. The number of aromatic nitrogens is 2. The fourth-order valence-corrected chi connectivity index (χ4v) is 1.63. The molecule has 0 spiro atoms.